The van der Waals surface area contributed by atoms with Gasteiger partial charge in [0.15, 0.2) is 5.66 Å². The smallest absolute Gasteiger partial charge is 0.415 e. The standard InChI is InChI=1S/C18H19F2N3O4/c1-3-4-8-17(22-23-17)9-7-15(24)21-11-18(19,20)27-14-6-5-13(16(25)26)10-12(14)2/h1,5-6,10H,4,7-9,11H2,2H3,(H,21,24)(H,25,26). The molecule has 144 valence electrons. The normalized spacial score (nSPS) is 14.3. The zero-order valence-electron chi connectivity index (χ0n) is 14.7. The van der Waals surface area contributed by atoms with Gasteiger partial charge in [-0.25, -0.2) is 4.79 Å². The number of ether oxygens (including phenoxy) is 1. The third-order valence-corrected chi connectivity index (χ3v) is 3.98. The number of alkyl halides is 2. The van der Waals surface area contributed by atoms with Gasteiger partial charge in [-0.05, 0) is 30.7 Å². The van der Waals surface area contributed by atoms with Crippen LogP contribution in [0.1, 0.15) is 41.6 Å². The monoisotopic (exact) mass is 379 g/mol. The lowest BCUT2D eigenvalue weighted by molar-refractivity contribution is -0.174. The number of hydrogen-bond donors (Lipinski definition) is 2. The van der Waals surface area contributed by atoms with Crippen molar-refractivity contribution in [1.82, 2.24) is 5.32 Å². The Labute approximate surface area is 154 Å². The summed E-state index contributed by atoms with van der Waals surface area (Å²) in [6.45, 7) is 0.437. The van der Waals surface area contributed by atoms with Gasteiger partial charge < -0.3 is 15.2 Å². The molecule has 0 fully saturated rings. The lowest BCUT2D eigenvalue weighted by Crippen LogP contribution is -2.41. The Morgan fingerprint density at radius 2 is 2.07 bits per heavy atom. The molecule has 1 aliphatic heterocycles. The molecule has 0 bridgehead atoms. The lowest BCUT2D eigenvalue weighted by atomic mass is 10.0. The minimum atomic E-state index is -3.65. The molecule has 1 aliphatic rings. The molecule has 0 saturated heterocycles. The molecule has 1 aromatic carbocycles. The molecule has 0 aromatic heterocycles. The van der Waals surface area contributed by atoms with E-state index < -0.39 is 30.2 Å². The third-order valence-electron chi connectivity index (χ3n) is 3.98. The Balaban J connectivity index is 1.81. The molecule has 0 atom stereocenters. The van der Waals surface area contributed by atoms with Crippen molar-refractivity contribution < 1.29 is 28.2 Å². The molecule has 27 heavy (non-hydrogen) atoms. The highest BCUT2D eigenvalue weighted by atomic mass is 19.3. The van der Waals surface area contributed by atoms with Crippen molar-refractivity contribution in [3.63, 3.8) is 0 Å². The number of hydrogen-bond acceptors (Lipinski definition) is 5. The maximum atomic E-state index is 13.9. The molecule has 1 aromatic rings. The van der Waals surface area contributed by atoms with E-state index in [1.165, 1.54) is 13.0 Å². The van der Waals surface area contributed by atoms with Crippen molar-refractivity contribution in [3.05, 3.63) is 29.3 Å². The Kier molecular flexibility index (Phi) is 6.10. The van der Waals surface area contributed by atoms with Gasteiger partial charge in [-0.3, -0.25) is 4.79 Å². The van der Waals surface area contributed by atoms with Crippen LogP contribution in [0.3, 0.4) is 0 Å². The molecule has 2 N–H and O–H groups in total. The number of nitrogens with one attached hydrogen (secondary N) is 1. The van der Waals surface area contributed by atoms with Gasteiger partial charge in [0, 0.05) is 25.7 Å². The maximum Gasteiger partial charge on any atom is 0.415 e. The first-order valence-electron chi connectivity index (χ1n) is 8.21. The van der Waals surface area contributed by atoms with Gasteiger partial charge in [0.05, 0.1) is 5.56 Å². The quantitative estimate of drug-likeness (QED) is 0.610. The van der Waals surface area contributed by atoms with Crippen LogP contribution >= 0.6 is 0 Å². The third kappa shape index (κ3) is 6.02. The predicted molar refractivity (Wildman–Crippen MR) is 91.6 cm³/mol. The van der Waals surface area contributed by atoms with E-state index in [1.54, 1.807) is 0 Å². The minimum absolute atomic E-state index is 0.0139. The van der Waals surface area contributed by atoms with Crippen molar-refractivity contribution in [3.8, 4) is 18.1 Å². The van der Waals surface area contributed by atoms with Gasteiger partial charge in [0.25, 0.3) is 0 Å². The number of halogens is 2. The number of benzene rings is 1. The molecular weight excluding hydrogens is 360 g/mol. The van der Waals surface area contributed by atoms with Crippen molar-refractivity contribution >= 4 is 11.9 Å². The number of carboxylic acid groups (broad SMARTS) is 1. The van der Waals surface area contributed by atoms with E-state index in [-0.39, 0.29) is 23.3 Å². The van der Waals surface area contributed by atoms with Crippen LogP contribution in [0, 0.1) is 19.3 Å². The van der Waals surface area contributed by atoms with Crippen LogP contribution in [0.4, 0.5) is 8.78 Å². The maximum absolute atomic E-state index is 13.9. The summed E-state index contributed by atoms with van der Waals surface area (Å²) in [4.78, 5) is 22.7. The van der Waals surface area contributed by atoms with Crippen LogP contribution in [0.2, 0.25) is 0 Å². The molecule has 2 rings (SSSR count). The second-order valence-corrected chi connectivity index (χ2v) is 6.19. The van der Waals surface area contributed by atoms with Gasteiger partial charge in [-0.1, -0.05) is 0 Å². The Morgan fingerprint density at radius 1 is 1.37 bits per heavy atom. The first-order valence-corrected chi connectivity index (χ1v) is 8.21. The summed E-state index contributed by atoms with van der Waals surface area (Å²) in [5.74, 6) is 0.557. The number of terminal acetylenes is 1. The number of carbonyl (C=O) groups is 2. The van der Waals surface area contributed by atoms with E-state index in [1.807, 2.05) is 0 Å². The highest BCUT2D eigenvalue weighted by Crippen LogP contribution is 2.37. The molecule has 7 nitrogen and oxygen atoms in total. The highest BCUT2D eigenvalue weighted by molar-refractivity contribution is 5.88. The van der Waals surface area contributed by atoms with E-state index in [2.05, 4.69) is 26.2 Å². The zero-order valence-corrected chi connectivity index (χ0v) is 14.7. The van der Waals surface area contributed by atoms with E-state index in [4.69, 9.17) is 11.5 Å². The van der Waals surface area contributed by atoms with E-state index in [0.29, 0.717) is 19.3 Å². The summed E-state index contributed by atoms with van der Waals surface area (Å²) in [5, 5.41) is 18.7. The van der Waals surface area contributed by atoms with Crippen LogP contribution in [0.25, 0.3) is 0 Å². The second kappa shape index (κ2) is 8.12. The first kappa shape index (κ1) is 20.3. The van der Waals surface area contributed by atoms with Crippen LogP contribution < -0.4 is 10.1 Å². The zero-order chi connectivity index (χ0) is 20.1. The van der Waals surface area contributed by atoms with E-state index in [0.717, 1.165) is 12.1 Å². The number of aryl methyl sites for hydroxylation is 1. The minimum Gasteiger partial charge on any atom is -0.478 e. The van der Waals surface area contributed by atoms with E-state index >= 15 is 0 Å². The lowest BCUT2D eigenvalue weighted by Gasteiger charge is -2.20. The average molecular weight is 379 g/mol. The topological polar surface area (TPSA) is 100 Å². The van der Waals surface area contributed by atoms with Gasteiger partial charge in [0.2, 0.25) is 5.91 Å². The molecule has 0 spiro atoms. The molecule has 0 saturated carbocycles. The van der Waals surface area contributed by atoms with Crippen molar-refractivity contribution in [1.29, 1.82) is 0 Å². The summed E-state index contributed by atoms with van der Waals surface area (Å²) < 4.78 is 32.5. The van der Waals surface area contributed by atoms with Gasteiger partial charge >= 0.3 is 12.1 Å². The summed E-state index contributed by atoms with van der Waals surface area (Å²) in [6, 6.07) is 3.54. The number of rotatable bonds is 10. The van der Waals surface area contributed by atoms with Crippen molar-refractivity contribution in [2.24, 2.45) is 10.2 Å². The predicted octanol–water partition coefficient (Wildman–Crippen LogP) is 3.14. The molecule has 0 aliphatic carbocycles. The van der Waals surface area contributed by atoms with Crippen molar-refractivity contribution in [2.45, 2.75) is 44.4 Å². The Morgan fingerprint density at radius 3 is 2.63 bits per heavy atom. The fraction of sp³-hybridized carbons (Fsp3) is 0.444. The fourth-order valence-electron chi connectivity index (χ4n) is 2.37. The van der Waals surface area contributed by atoms with Gasteiger partial charge in [-0.15, -0.1) is 12.3 Å². The average Bonchev–Trinajstić information content (AvgIpc) is 3.38. The highest BCUT2D eigenvalue weighted by Gasteiger charge is 2.39. The van der Waals surface area contributed by atoms with E-state index in [9.17, 15) is 18.4 Å². The summed E-state index contributed by atoms with van der Waals surface area (Å²) in [6.07, 6.45) is 2.82. The van der Waals surface area contributed by atoms with Crippen molar-refractivity contribution in [2.75, 3.05) is 6.54 Å². The number of carbonyl (C=O) groups excluding carboxylic acids is 1. The Bertz CT molecular complexity index is 796. The van der Waals surface area contributed by atoms with Crippen LogP contribution in [0.5, 0.6) is 5.75 Å². The van der Waals surface area contributed by atoms with Gasteiger partial charge in [-0.2, -0.15) is 19.0 Å². The molecule has 1 heterocycles. The first-order chi connectivity index (χ1) is 12.7. The number of nitrogens with zero attached hydrogens (tertiary/aromatic N) is 2. The summed E-state index contributed by atoms with van der Waals surface area (Å²) in [5.41, 5.74) is -0.439. The number of amides is 1. The molecule has 0 unspecified atom stereocenters. The fourth-order valence-corrected chi connectivity index (χ4v) is 2.37. The molecule has 1 amide bonds. The molecule has 9 heteroatoms. The van der Waals surface area contributed by atoms with Crippen LogP contribution in [-0.2, 0) is 4.79 Å². The Hall–Kier alpha value is -3.02. The van der Waals surface area contributed by atoms with Crippen LogP contribution in [0.15, 0.2) is 28.4 Å². The molecule has 0 radical (unpaired) electrons. The van der Waals surface area contributed by atoms with Crippen LogP contribution in [-0.4, -0.2) is 35.3 Å². The second-order valence-electron chi connectivity index (χ2n) is 6.19. The number of aromatic carboxylic acids is 1. The number of carboxylic acids is 1. The SMILES string of the molecule is C#CCCC1(CCC(=O)NCC(F)(F)Oc2ccc(C(=O)O)cc2C)N=N1. The summed E-state index contributed by atoms with van der Waals surface area (Å²) >= 11 is 0. The van der Waals surface area contributed by atoms with Gasteiger partial charge in [0.1, 0.15) is 12.3 Å². The largest absolute Gasteiger partial charge is 0.478 e. The summed E-state index contributed by atoms with van der Waals surface area (Å²) in [7, 11) is 0. The molecular formula is C18H19F2N3O4.